The van der Waals surface area contributed by atoms with Crippen molar-refractivity contribution in [3.8, 4) is 11.1 Å². The fourth-order valence-corrected chi connectivity index (χ4v) is 3.17. The summed E-state index contributed by atoms with van der Waals surface area (Å²) in [6, 6.07) is 15.1. The van der Waals surface area contributed by atoms with Crippen LogP contribution >= 0.6 is 0 Å². The van der Waals surface area contributed by atoms with Gasteiger partial charge < -0.3 is 4.74 Å². The van der Waals surface area contributed by atoms with Crippen molar-refractivity contribution in [1.82, 2.24) is 4.90 Å². The zero-order valence-corrected chi connectivity index (χ0v) is 13.0. The molecule has 0 saturated carbocycles. The van der Waals surface area contributed by atoms with Crippen molar-refractivity contribution in [3.05, 3.63) is 59.9 Å². The molecule has 1 fully saturated rings. The molecular formula is C19H22FNO. The molecule has 0 aromatic heterocycles. The molecule has 2 aromatic rings. The van der Waals surface area contributed by atoms with E-state index >= 15 is 0 Å². The maximum atomic E-state index is 13.8. The standard InChI is InChI=1S/C19H22FNO/c1-22-14-16-10-11-21(13-16)12-15-6-8-17(9-7-15)18-4-2-3-5-19(18)20/h2-9,16H,10-14H2,1H3. The minimum absolute atomic E-state index is 0.169. The van der Waals surface area contributed by atoms with E-state index in [1.807, 2.05) is 24.3 Å². The van der Waals surface area contributed by atoms with Crippen LogP contribution in [0.1, 0.15) is 12.0 Å². The number of likely N-dealkylation sites (tertiary alicyclic amines) is 1. The van der Waals surface area contributed by atoms with Crippen LogP contribution in [0.4, 0.5) is 4.39 Å². The number of halogens is 1. The predicted molar refractivity (Wildman–Crippen MR) is 87.1 cm³/mol. The second kappa shape index (κ2) is 7.03. The lowest BCUT2D eigenvalue weighted by molar-refractivity contribution is 0.152. The van der Waals surface area contributed by atoms with Crippen LogP contribution in [0, 0.1) is 11.7 Å². The molecule has 1 unspecified atom stereocenters. The van der Waals surface area contributed by atoms with Gasteiger partial charge in [0.1, 0.15) is 5.82 Å². The fraction of sp³-hybridized carbons (Fsp3) is 0.368. The zero-order chi connectivity index (χ0) is 15.4. The summed E-state index contributed by atoms with van der Waals surface area (Å²) in [6.07, 6.45) is 1.21. The molecule has 0 bridgehead atoms. The van der Waals surface area contributed by atoms with E-state index in [4.69, 9.17) is 4.74 Å². The third kappa shape index (κ3) is 3.54. The highest BCUT2D eigenvalue weighted by molar-refractivity contribution is 5.64. The first-order valence-corrected chi connectivity index (χ1v) is 7.81. The summed E-state index contributed by atoms with van der Waals surface area (Å²) >= 11 is 0. The summed E-state index contributed by atoms with van der Waals surface area (Å²) in [5.41, 5.74) is 2.87. The Balaban J connectivity index is 1.64. The summed E-state index contributed by atoms with van der Waals surface area (Å²) < 4.78 is 19.0. The largest absolute Gasteiger partial charge is 0.384 e. The Morgan fingerprint density at radius 3 is 2.64 bits per heavy atom. The first-order chi connectivity index (χ1) is 10.8. The molecule has 1 aliphatic heterocycles. The van der Waals surface area contributed by atoms with E-state index in [2.05, 4.69) is 17.0 Å². The summed E-state index contributed by atoms with van der Waals surface area (Å²) in [5.74, 6) is 0.486. The van der Waals surface area contributed by atoms with Crippen LogP contribution in [0.5, 0.6) is 0 Å². The minimum atomic E-state index is -0.169. The first-order valence-electron chi connectivity index (χ1n) is 7.81. The van der Waals surface area contributed by atoms with Crippen LogP contribution in [0.25, 0.3) is 11.1 Å². The van der Waals surface area contributed by atoms with Crippen molar-refractivity contribution in [2.45, 2.75) is 13.0 Å². The summed E-state index contributed by atoms with van der Waals surface area (Å²) in [5, 5.41) is 0. The highest BCUT2D eigenvalue weighted by Gasteiger charge is 2.22. The van der Waals surface area contributed by atoms with Crippen LogP contribution < -0.4 is 0 Å². The Bertz CT molecular complexity index is 611. The molecule has 22 heavy (non-hydrogen) atoms. The second-order valence-corrected chi connectivity index (χ2v) is 6.02. The smallest absolute Gasteiger partial charge is 0.131 e. The van der Waals surface area contributed by atoms with Gasteiger partial charge in [0.25, 0.3) is 0 Å². The van der Waals surface area contributed by atoms with Crippen molar-refractivity contribution in [3.63, 3.8) is 0 Å². The molecule has 1 saturated heterocycles. The van der Waals surface area contributed by atoms with Gasteiger partial charge >= 0.3 is 0 Å². The Hall–Kier alpha value is -1.71. The van der Waals surface area contributed by atoms with Crippen molar-refractivity contribution in [2.75, 3.05) is 26.8 Å². The molecule has 3 rings (SSSR count). The van der Waals surface area contributed by atoms with Crippen LogP contribution in [-0.4, -0.2) is 31.7 Å². The highest BCUT2D eigenvalue weighted by Crippen LogP contribution is 2.24. The minimum Gasteiger partial charge on any atom is -0.384 e. The van der Waals surface area contributed by atoms with E-state index < -0.39 is 0 Å². The van der Waals surface area contributed by atoms with Gasteiger partial charge in [0.15, 0.2) is 0 Å². The van der Waals surface area contributed by atoms with Crippen molar-refractivity contribution in [2.24, 2.45) is 5.92 Å². The lowest BCUT2D eigenvalue weighted by atomic mass is 10.0. The average molecular weight is 299 g/mol. The zero-order valence-electron chi connectivity index (χ0n) is 13.0. The molecule has 0 spiro atoms. The van der Waals surface area contributed by atoms with Gasteiger partial charge in [-0.3, -0.25) is 4.90 Å². The summed E-state index contributed by atoms with van der Waals surface area (Å²) in [4.78, 5) is 2.46. The van der Waals surface area contributed by atoms with Gasteiger partial charge in [0, 0.05) is 25.8 Å². The maximum Gasteiger partial charge on any atom is 0.131 e. The van der Waals surface area contributed by atoms with Gasteiger partial charge in [0.2, 0.25) is 0 Å². The number of nitrogens with zero attached hydrogens (tertiary/aromatic N) is 1. The molecule has 0 N–H and O–H groups in total. The van der Waals surface area contributed by atoms with Gasteiger partial charge in [-0.2, -0.15) is 0 Å². The van der Waals surface area contributed by atoms with Gasteiger partial charge in [-0.15, -0.1) is 0 Å². The van der Waals surface area contributed by atoms with E-state index in [1.165, 1.54) is 18.1 Å². The SMILES string of the molecule is COCC1CCN(Cc2ccc(-c3ccccc3F)cc2)C1. The molecule has 2 nitrogen and oxygen atoms in total. The highest BCUT2D eigenvalue weighted by atomic mass is 19.1. The van der Waals surface area contributed by atoms with Gasteiger partial charge in [0.05, 0.1) is 6.61 Å². The van der Waals surface area contributed by atoms with Crippen LogP contribution in [0.15, 0.2) is 48.5 Å². The normalized spacial score (nSPS) is 18.7. The van der Waals surface area contributed by atoms with Gasteiger partial charge in [-0.25, -0.2) is 4.39 Å². The Morgan fingerprint density at radius 1 is 1.14 bits per heavy atom. The Labute approximate surface area is 131 Å². The number of benzene rings is 2. The van der Waals surface area contributed by atoms with Crippen LogP contribution in [0.2, 0.25) is 0 Å². The van der Waals surface area contributed by atoms with Crippen molar-refractivity contribution < 1.29 is 9.13 Å². The lowest BCUT2D eigenvalue weighted by Crippen LogP contribution is -2.21. The Morgan fingerprint density at radius 2 is 1.91 bits per heavy atom. The van der Waals surface area contributed by atoms with Crippen LogP contribution in [-0.2, 0) is 11.3 Å². The molecule has 0 aliphatic carbocycles. The number of ether oxygens (including phenoxy) is 1. The molecule has 1 heterocycles. The monoisotopic (exact) mass is 299 g/mol. The quantitative estimate of drug-likeness (QED) is 0.828. The number of hydrogen-bond donors (Lipinski definition) is 0. The molecule has 0 amide bonds. The van der Waals surface area contributed by atoms with E-state index in [0.29, 0.717) is 11.5 Å². The van der Waals surface area contributed by atoms with Gasteiger partial charge in [-0.05, 0) is 36.1 Å². The lowest BCUT2D eigenvalue weighted by Gasteiger charge is -2.16. The predicted octanol–water partition coefficient (Wildman–Crippen LogP) is 3.96. The first kappa shape index (κ1) is 15.2. The molecule has 1 aliphatic rings. The average Bonchev–Trinajstić information content (AvgIpc) is 2.96. The topological polar surface area (TPSA) is 12.5 Å². The molecule has 3 heteroatoms. The number of hydrogen-bond acceptors (Lipinski definition) is 2. The molecule has 0 radical (unpaired) electrons. The molecule has 116 valence electrons. The van der Waals surface area contributed by atoms with Gasteiger partial charge in [-0.1, -0.05) is 42.5 Å². The number of rotatable bonds is 5. The summed E-state index contributed by atoms with van der Waals surface area (Å²) in [6.45, 7) is 4.03. The van der Waals surface area contributed by atoms with E-state index in [0.717, 1.165) is 31.8 Å². The second-order valence-electron chi connectivity index (χ2n) is 6.02. The molecule has 2 aromatic carbocycles. The Kier molecular flexibility index (Phi) is 4.86. The van der Waals surface area contributed by atoms with E-state index in [9.17, 15) is 4.39 Å². The third-order valence-electron chi connectivity index (χ3n) is 4.32. The van der Waals surface area contributed by atoms with Crippen molar-refractivity contribution >= 4 is 0 Å². The van der Waals surface area contributed by atoms with E-state index in [-0.39, 0.29) is 5.82 Å². The third-order valence-corrected chi connectivity index (χ3v) is 4.32. The van der Waals surface area contributed by atoms with Crippen LogP contribution in [0.3, 0.4) is 0 Å². The number of methoxy groups -OCH3 is 1. The summed E-state index contributed by atoms with van der Waals surface area (Å²) in [7, 11) is 1.77. The van der Waals surface area contributed by atoms with E-state index in [1.54, 1.807) is 13.2 Å². The molecular weight excluding hydrogens is 277 g/mol. The maximum absolute atomic E-state index is 13.8. The fourth-order valence-electron chi connectivity index (χ4n) is 3.17. The van der Waals surface area contributed by atoms with Crippen molar-refractivity contribution in [1.29, 1.82) is 0 Å². The molecule has 1 atom stereocenters.